The Morgan fingerprint density at radius 2 is 2.21 bits per heavy atom. The highest BCUT2D eigenvalue weighted by Crippen LogP contribution is 2.40. The summed E-state index contributed by atoms with van der Waals surface area (Å²) in [5.41, 5.74) is 0. The van der Waals surface area contributed by atoms with Crippen molar-refractivity contribution in [1.82, 2.24) is 20.3 Å². The summed E-state index contributed by atoms with van der Waals surface area (Å²) in [4.78, 5) is 26.6. The van der Waals surface area contributed by atoms with Crippen LogP contribution in [0.2, 0.25) is 0 Å². The Hall–Kier alpha value is -2.06. The first-order valence-corrected chi connectivity index (χ1v) is 10.8. The molecule has 0 amide bonds. The lowest BCUT2D eigenvalue weighted by Crippen LogP contribution is -2.30. The highest BCUT2D eigenvalue weighted by atomic mass is 32.1. The summed E-state index contributed by atoms with van der Waals surface area (Å²) < 4.78 is 5.78. The van der Waals surface area contributed by atoms with Crippen LogP contribution in [-0.2, 0) is 11.2 Å². The van der Waals surface area contributed by atoms with Gasteiger partial charge < -0.3 is 15.4 Å². The van der Waals surface area contributed by atoms with E-state index in [4.69, 9.17) is 4.74 Å². The van der Waals surface area contributed by atoms with Gasteiger partial charge in [-0.25, -0.2) is 9.97 Å². The smallest absolute Gasteiger partial charge is 0.218 e. The van der Waals surface area contributed by atoms with Crippen LogP contribution in [0.5, 0.6) is 5.88 Å². The fraction of sp³-hybridized carbons (Fsp3) is 0.600. The number of likely N-dealkylation sites (N-methyl/N-ethyl adjacent to an activating group) is 1. The monoisotopic (exact) mass is 403 g/mol. The molecule has 0 aliphatic heterocycles. The topological polar surface area (TPSA) is 89.0 Å². The van der Waals surface area contributed by atoms with E-state index in [1.54, 1.807) is 24.5 Å². The summed E-state index contributed by atoms with van der Waals surface area (Å²) in [6, 6.07) is 1.67. The molecular weight excluding hydrogens is 374 g/mol. The van der Waals surface area contributed by atoms with Gasteiger partial charge in [0.05, 0.1) is 12.6 Å². The summed E-state index contributed by atoms with van der Waals surface area (Å²) in [5, 5.41) is 7.10. The number of nitrogens with one attached hydrogen (secondary N) is 2. The van der Waals surface area contributed by atoms with Gasteiger partial charge in [-0.1, -0.05) is 13.3 Å². The minimum absolute atomic E-state index is 0.121. The summed E-state index contributed by atoms with van der Waals surface area (Å²) in [6.45, 7) is 4.33. The van der Waals surface area contributed by atoms with Gasteiger partial charge in [-0.15, -0.1) is 11.3 Å². The van der Waals surface area contributed by atoms with E-state index in [1.165, 1.54) is 24.1 Å². The lowest BCUT2D eigenvalue weighted by atomic mass is 9.85. The molecule has 0 radical (unpaired) electrons. The molecule has 2 aromatic rings. The van der Waals surface area contributed by atoms with Crippen molar-refractivity contribution < 1.29 is 9.53 Å². The minimum Gasteiger partial charge on any atom is -0.478 e. The summed E-state index contributed by atoms with van der Waals surface area (Å²) in [7, 11) is 1.79. The maximum Gasteiger partial charge on any atom is 0.218 e. The zero-order chi connectivity index (χ0) is 19.9. The van der Waals surface area contributed by atoms with Crippen molar-refractivity contribution in [3.63, 3.8) is 0 Å². The molecule has 1 aliphatic carbocycles. The average molecular weight is 404 g/mol. The number of Topliss-reactive ketones (excluding diaryl/α,β-unsaturated/α-hetero) is 1. The van der Waals surface area contributed by atoms with Crippen LogP contribution in [0.3, 0.4) is 0 Å². The van der Waals surface area contributed by atoms with Crippen molar-refractivity contribution in [2.24, 2.45) is 0 Å². The molecule has 152 valence electrons. The van der Waals surface area contributed by atoms with Crippen molar-refractivity contribution in [2.75, 3.05) is 19.0 Å². The Morgan fingerprint density at radius 1 is 1.39 bits per heavy atom. The van der Waals surface area contributed by atoms with Crippen LogP contribution in [0.1, 0.15) is 62.6 Å². The van der Waals surface area contributed by atoms with E-state index in [2.05, 4.69) is 25.6 Å². The number of carbonyl (C=O) groups is 1. The highest BCUT2D eigenvalue weighted by molar-refractivity contribution is 7.15. The molecule has 3 rings (SSSR count). The third-order valence-corrected chi connectivity index (χ3v) is 6.14. The van der Waals surface area contributed by atoms with Crippen molar-refractivity contribution in [1.29, 1.82) is 0 Å². The van der Waals surface area contributed by atoms with Crippen molar-refractivity contribution in [3.8, 4) is 5.88 Å². The molecule has 0 aromatic carbocycles. The number of hydrogen-bond acceptors (Lipinski definition) is 8. The van der Waals surface area contributed by atoms with Gasteiger partial charge in [-0.2, -0.15) is 4.98 Å². The molecule has 2 heterocycles. The van der Waals surface area contributed by atoms with Crippen molar-refractivity contribution in [2.45, 2.75) is 64.3 Å². The number of ketones is 1. The molecule has 0 saturated heterocycles. The lowest BCUT2D eigenvalue weighted by Gasteiger charge is -2.23. The molecule has 2 N–H and O–H groups in total. The normalized spacial score (nSPS) is 15.1. The van der Waals surface area contributed by atoms with E-state index >= 15 is 0 Å². The van der Waals surface area contributed by atoms with Gasteiger partial charge in [0.25, 0.3) is 0 Å². The Bertz CT molecular complexity index is 791. The fourth-order valence-electron chi connectivity index (χ4n) is 2.90. The maximum absolute atomic E-state index is 11.9. The second-order valence-corrected chi connectivity index (χ2v) is 8.17. The van der Waals surface area contributed by atoms with Gasteiger partial charge in [-0.05, 0) is 39.2 Å². The fourth-order valence-corrected chi connectivity index (χ4v) is 3.90. The number of thiazole rings is 1. The number of rotatable bonds is 11. The first-order chi connectivity index (χ1) is 13.6. The van der Waals surface area contributed by atoms with Gasteiger partial charge in [0.2, 0.25) is 5.88 Å². The van der Waals surface area contributed by atoms with Gasteiger partial charge in [0.1, 0.15) is 17.4 Å². The Labute approximate surface area is 170 Å². The number of ether oxygens (including phenoxy) is 1. The number of anilines is 2. The molecule has 0 spiro atoms. The summed E-state index contributed by atoms with van der Waals surface area (Å²) >= 11 is 1.69. The van der Waals surface area contributed by atoms with Gasteiger partial charge in [0, 0.05) is 30.0 Å². The zero-order valence-corrected chi connectivity index (χ0v) is 17.6. The predicted octanol–water partition coefficient (Wildman–Crippen LogP) is 3.84. The Morgan fingerprint density at radius 3 is 2.89 bits per heavy atom. The molecule has 0 unspecified atom stereocenters. The number of aryl methyl sites for hydroxylation is 1. The maximum atomic E-state index is 11.9. The third kappa shape index (κ3) is 5.48. The third-order valence-electron chi connectivity index (χ3n) is 5.06. The minimum atomic E-state index is -0.121. The lowest BCUT2D eigenvalue weighted by molar-refractivity contribution is -0.120. The first-order valence-electron chi connectivity index (χ1n) is 10.0. The molecule has 7 nitrogen and oxygen atoms in total. The molecular formula is C20H29N5O2S. The largest absolute Gasteiger partial charge is 0.478 e. The van der Waals surface area contributed by atoms with Crippen LogP contribution in [0.4, 0.5) is 10.9 Å². The second kappa shape index (κ2) is 9.93. The van der Waals surface area contributed by atoms with E-state index < -0.39 is 0 Å². The SMILES string of the molecule is CCc1nc(Nc2ncc(C3CCC3)s2)cc(OCCCC(=O)[C@H](C)NC)n1. The van der Waals surface area contributed by atoms with E-state index in [-0.39, 0.29) is 11.8 Å². The highest BCUT2D eigenvalue weighted by Gasteiger charge is 2.22. The van der Waals surface area contributed by atoms with Gasteiger partial charge >= 0.3 is 0 Å². The van der Waals surface area contributed by atoms with Crippen molar-refractivity contribution >= 4 is 28.1 Å². The van der Waals surface area contributed by atoms with E-state index in [0.29, 0.717) is 37.1 Å². The molecule has 1 fully saturated rings. The van der Waals surface area contributed by atoms with Crippen LogP contribution >= 0.6 is 11.3 Å². The molecule has 2 aromatic heterocycles. The number of aromatic nitrogens is 3. The summed E-state index contributed by atoms with van der Waals surface area (Å²) in [6.07, 6.45) is 7.69. The van der Waals surface area contributed by atoms with Crippen LogP contribution in [0, 0.1) is 0 Å². The number of nitrogens with zero attached hydrogens (tertiary/aromatic N) is 3. The van der Waals surface area contributed by atoms with Crippen LogP contribution in [-0.4, -0.2) is 40.4 Å². The van der Waals surface area contributed by atoms with Gasteiger partial charge in [-0.3, -0.25) is 4.79 Å². The predicted molar refractivity (Wildman–Crippen MR) is 112 cm³/mol. The molecule has 0 bridgehead atoms. The molecule has 1 atom stereocenters. The molecule has 28 heavy (non-hydrogen) atoms. The number of carbonyl (C=O) groups excluding carboxylic acids is 1. The van der Waals surface area contributed by atoms with E-state index in [1.807, 2.05) is 20.0 Å². The standard InChI is InChI=1S/C20H29N5O2S/c1-4-17-23-18(25-20-22-12-16(28-20)14-7-5-8-14)11-19(24-17)27-10-6-9-15(26)13(2)21-3/h11-14,21H,4-10H2,1-3H3,(H,22,23,24,25)/t13-/m0/s1. The van der Waals surface area contributed by atoms with Crippen LogP contribution < -0.4 is 15.4 Å². The zero-order valence-electron chi connectivity index (χ0n) is 16.8. The Kier molecular flexibility index (Phi) is 7.33. The molecule has 1 aliphatic rings. The number of hydrogen-bond donors (Lipinski definition) is 2. The Balaban J connectivity index is 1.57. The molecule has 1 saturated carbocycles. The van der Waals surface area contributed by atoms with Crippen LogP contribution in [0.25, 0.3) is 0 Å². The van der Waals surface area contributed by atoms with E-state index in [0.717, 1.165) is 17.4 Å². The molecule has 8 heteroatoms. The van der Waals surface area contributed by atoms with Crippen LogP contribution in [0.15, 0.2) is 12.3 Å². The van der Waals surface area contributed by atoms with E-state index in [9.17, 15) is 4.79 Å². The quantitative estimate of drug-likeness (QED) is 0.551. The first kappa shape index (κ1) is 20.7. The van der Waals surface area contributed by atoms with Crippen molar-refractivity contribution in [3.05, 3.63) is 23.0 Å². The van der Waals surface area contributed by atoms with Gasteiger partial charge in [0.15, 0.2) is 5.13 Å². The second-order valence-electron chi connectivity index (χ2n) is 7.11. The summed E-state index contributed by atoms with van der Waals surface area (Å²) in [5.74, 6) is 2.81. The average Bonchev–Trinajstić information content (AvgIpc) is 3.10.